The van der Waals surface area contributed by atoms with Gasteiger partial charge in [0.2, 0.25) is 17.8 Å². The fourth-order valence-electron chi connectivity index (χ4n) is 4.24. The number of ether oxygens (including phenoxy) is 3. The Hall–Kier alpha value is -4.30. The highest BCUT2D eigenvalue weighted by atomic mass is 16.6. The van der Waals surface area contributed by atoms with Crippen molar-refractivity contribution < 1.29 is 28.9 Å². The van der Waals surface area contributed by atoms with Crippen molar-refractivity contribution in [1.82, 2.24) is 24.4 Å². The molecule has 0 aliphatic carbocycles. The average Bonchev–Trinajstić information content (AvgIpc) is 3.40. The van der Waals surface area contributed by atoms with Crippen molar-refractivity contribution in [1.29, 1.82) is 0 Å². The van der Waals surface area contributed by atoms with Crippen LogP contribution in [0.2, 0.25) is 0 Å². The molecule has 0 bridgehead atoms. The van der Waals surface area contributed by atoms with Gasteiger partial charge in [0.25, 0.3) is 5.91 Å². The zero-order valence-electron chi connectivity index (χ0n) is 20.1. The summed E-state index contributed by atoms with van der Waals surface area (Å²) >= 11 is 0. The fraction of sp³-hybridized carbons (Fsp3) is 0.391. The number of nitrogens with two attached hydrogens (primary N) is 1. The predicted molar refractivity (Wildman–Crippen MR) is 130 cm³/mol. The number of benzene rings is 1. The van der Waals surface area contributed by atoms with Gasteiger partial charge in [0.1, 0.15) is 17.9 Å². The number of nitrogens with one attached hydrogen (secondary N) is 1. The van der Waals surface area contributed by atoms with Crippen molar-refractivity contribution in [2.75, 3.05) is 51.0 Å². The molecule has 4 heterocycles. The first kappa shape index (κ1) is 24.4. The Bertz CT molecular complexity index is 1410. The summed E-state index contributed by atoms with van der Waals surface area (Å²) in [5.41, 5.74) is 6.38. The van der Waals surface area contributed by atoms with Crippen LogP contribution in [0, 0.1) is 0 Å². The Labute approximate surface area is 210 Å². The Morgan fingerprint density at radius 1 is 1.32 bits per heavy atom. The number of carbonyl (C=O) groups excluding carboxylic acids is 2. The van der Waals surface area contributed by atoms with Crippen LogP contribution in [-0.4, -0.2) is 87.6 Å². The number of anilines is 2. The molecule has 0 spiro atoms. The van der Waals surface area contributed by atoms with Gasteiger partial charge in [0, 0.05) is 44.0 Å². The van der Waals surface area contributed by atoms with Gasteiger partial charge in [-0.3, -0.25) is 14.3 Å². The summed E-state index contributed by atoms with van der Waals surface area (Å²) in [6, 6.07) is 3.67. The molecular weight excluding hydrogens is 484 g/mol. The second-order valence-electron chi connectivity index (χ2n) is 8.36. The van der Waals surface area contributed by atoms with Gasteiger partial charge in [-0.05, 0) is 18.6 Å². The molecule has 14 heteroatoms. The summed E-state index contributed by atoms with van der Waals surface area (Å²) in [6.45, 7) is 2.71. The van der Waals surface area contributed by atoms with Crippen molar-refractivity contribution in [3.05, 3.63) is 35.7 Å². The van der Waals surface area contributed by atoms with Crippen LogP contribution in [-0.2, 0) is 16.1 Å². The van der Waals surface area contributed by atoms with Crippen LogP contribution >= 0.6 is 0 Å². The Balaban J connectivity index is 1.41. The number of amides is 1. The van der Waals surface area contributed by atoms with Gasteiger partial charge in [-0.2, -0.15) is 4.99 Å². The molecule has 1 saturated heterocycles. The van der Waals surface area contributed by atoms with E-state index in [-0.39, 0.29) is 23.7 Å². The fourth-order valence-corrected chi connectivity index (χ4v) is 4.24. The highest BCUT2D eigenvalue weighted by Gasteiger charge is 2.29. The number of aliphatic hydroxyl groups excluding tert-OH is 1. The van der Waals surface area contributed by atoms with E-state index in [2.05, 4.69) is 25.3 Å². The summed E-state index contributed by atoms with van der Waals surface area (Å²) in [5, 5.41) is 14.0. The Kier molecular flexibility index (Phi) is 6.83. The van der Waals surface area contributed by atoms with E-state index in [1.807, 2.05) is 10.6 Å². The molecule has 5 rings (SSSR count). The van der Waals surface area contributed by atoms with E-state index in [9.17, 15) is 14.7 Å². The number of hydrogen-bond donors (Lipinski definition) is 3. The molecule has 37 heavy (non-hydrogen) atoms. The third-order valence-corrected chi connectivity index (χ3v) is 6.05. The normalized spacial score (nSPS) is 17.8. The number of morpholine rings is 1. The summed E-state index contributed by atoms with van der Waals surface area (Å²) in [7, 11) is 1.51. The molecule has 0 radical (unpaired) electrons. The van der Waals surface area contributed by atoms with Gasteiger partial charge in [-0.15, -0.1) is 0 Å². The molecule has 4 N–H and O–H groups in total. The number of methoxy groups -OCH3 is 1. The first-order valence-corrected chi connectivity index (χ1v) is 11.7. The standard InChI is InChI=1S/C23H26N8O6/c1-35-17-15(36-9-2-6-30-8-10-37-21(34)20(30)33)4-3-14-16(17)28-23(31-7-5-25-18(14)31)29-19(32)13-11-26-22(24)27-12-13/h3-4,11-12,20,25,33H,2,5-10H2,1H3,(H2,24,26,27). The molecule has 1 amide bonds. The van der Waals surface area contributed by atoms with Crippen LogP contribution in [0.1, 0.15) is 16.8 Å². The molecule has 1 atom stereocenters. The van der Waals surface area contributed by atoms with Gasteiger partial charge in [0.15, 0.2) is 11.5 Å². The predicted octanol–water partition coefficient (Wildman–Crippen LogP) is -0.470. The molecule has 2 aliphatic heterocycles. The number of rotatable bonds is 7. The van der Waals surface area contributed by atoms with Crippen molar-refractivity contribution in [2.24, 2.45) is 4.99 Å². The number of cyclic esters (lactones) is 1. The molecule has 3 aromatic rings. The van der Waals surface area contributed by atoms with Crippen LogP contribution in [0.25, 0.3) is 10.9 Å². The van der Waals surface area contributed by atoms with E-state index in [0.29, 0.717) is 56.2 Å². The highest BCUT2D eigenvalue weighted by Crippen LogP contribution is 2.37. The molecule has 1 aromatic carbocycles. The summed E-state index contributed by atoms with van der Waals surface area (Å²) < 4.78 is 18.3. The monoisotopic (exact) mass is 510 g/mol. The lowest BCUT2D eigenvalue weighted by Crippen LogP contribution is -2.49. The van der Waals surface area contributed by atoms with Crippen LogP contribution in [0.3, 0.4) is 0 Å². The van der Waals surface area contributed by atoms with E-state index in [1.165, 1.54) is 19.5 Å². The molecular formula is C23H26N8O6. The number of hydrogen-bond acceptors (Lipinski definition) is 12. The topological polar surface area (TPSA) is 179 Å². The maximum Gasteiger partial charge on any atom is 0.350 e. The third-order valence-electron chi connectivity index (χ3n) is 6.05. The molecule has 2 aromatic heterocycles. The van der Waals surface area contributed by atoms with E-state index in [1.54, 1.807) is 11.0 Å². The summed E-state index contributed by atoms with van der Waals surface area (Å²) in [5.74, 6) is 0.498. The Morgan fingerprint density at radius 2 is 2.14 bits per heavy atom. The van der Waals surface area contributed by atoms with Crippen molar-refractivity contribution >= 4 is 34.5 Å². The molecule has 194 valence electrons. The number of esters is 1. The smallest absolute Gasteiger partial charge is 0.350 e. The summed E-state index contributed by atoms with van der Waals surface area (Å²) in [6.07, 6.45) is 1.93. The van der Waals surface area contributed by atoms with Gasteiger partial charge < -0.3 is 30.4 Å². The zero-order valence-corrected chi connectivity index (χ0v) is 20.1. The zero-order chi connectivity index (χ0) is 25.9. The third kappa shape index (κ3) is 4.88. The number of nitrogen functional groups attached to an aromatic ring is 1. The van der Waals surface area contributed by atoms with Gasteiger partial charge >= 0.3 is 5.97 Å². The molecule has 1 fully saturated rings. The maximum atomic E-state index is 12.8. The SMILES string of the molecule is COc1c(OCCCN2CCOC(=O)C2O)ccc2c3n(c(=NC(=O)c4cnc(N)nc4)nc12)CCN3. The lowest BCUT2D eigenvalue weighted by molar-refractivity contribution is -0.175. The molecule has 0 saturated carbocycles. The molecule has 1 unspecified atom stereocenters. The molecule has 14 nitrogen and oxygen atoms in total. The minimum Gasteiger partial charge on any atom is -0.491 e. The Morgan fingerprint density at radius 3 is 2.92 bits per heavy atom. The number of nitrogens with zero attached hydrogens (tertiary/aromatic N) is 6. The number of carbonyl (C=O) groups is 2. The van der Waals surface area contributed by atoms with E-state index in [4.69, 9.17) is 19.9 Å². The van der Waals surface area contributed by atoms with E-state index < -0.39 is 18.1 Å². The van der Waals surface area contributed by atoms with Crippen LogP contribution < -0.4 is 26.1 Å². The number of fused-ring (bicyclic) bond motifs is 3. The van der Waals surface area contributed by atoms with Crippen LogP contribution in [0.15, 0.2) is 29.5 Å². The van der Waals surface area contributed by atoms with Gasteiger partial charge in [0.05, 0.1) is 19.3 Å². The minimum absolute atomic E-state index is 0.0618. The highest BCUT2D eigenvalue weighted by molar-refractivity contribution is 5.96. The van der Waals surface area contributed by atoms with Crippen LogP contribution in [0.5, 0.6) is 11.5 Å². The number of aliphatic hydroxyl groups is 1. The first-order valence-electron chi connectivity index (χ1n) is 11.7. The van der Waals surface area contributed by atoms with Crippen molar-refractivity contribution in [3.63, 3.8) is 0 Å². The van der Waals surface area contributed by atoms with Crippen LogP contribution in [0.4, 0.5) is 11.8 Å². The average molecular weight is 511 g/mol. The van der Waals surface area contributed by atoms with E-state index >= 15 is 0 Å². The first-order chi connectivity index (χ1) is 18.0. The lowest BCUT2D eigenvalue weighted by atomic mass is 10.2. The van der Waals surface area contributed by atoms with Gasteiger partial charge in [-0.1, -0.05) is 0 Å². The summed E-state index contributed by atoms with van der Waals surface area (Å²) in [4.78, 5) is 42.5. The second kappa shape index (κ2) is 10.4. The number of aromatic nitrogens is 4. The van der Waals surface area contributed by atoms with Gasteiger partial charge in [-0.25, -0.2) is 19.7 Å². The second-order valence-corrected chi connectivity index (χ2v) is 8.36. The molecule has 2 aliphatic rings. The van der Waals surface area contributed by atoms with Crippen molar-refractivity contribution in [2.45, 2.75) is 19.2 Å². The quantitative estimate of drug-likeness (QED) is 0.275. The maximum absolute atomic E-state index is 12.8. The van der Waals surface area contributed by atoms with E-state index in [0.717, 1.165) is 11.2 Å². The van der Waals surface area contributed by atoms with Crippen molar-refractivity contribution in [3.8, 4) is 11.5 Å². The largest absolute Gasteiger partial charge is 0.491 e. The minimum atomic E-state index is -1.26. The lowest BCUT2D eigenvalue weighted by Gasteiger charge is -2.30.